The van der Waals surface area contributed by atoms with Crippen LogP contribution in [-0.4, -0.2) is 36.5 Å². The molecule has 1 aliphatic carbocycles. The maximum Gasteiger partial charge on any atom is 0.227 e. The van der Waals surface area contributed by atoms with Crippen LogP contribution in [0, 0.1) is 11.8 Å². The molecule has 0 aromatic rings. The first-order valence-electron chi connectivity index (χ1n) is 7.87. The topological polar surface area (TPSA) is 32.3 Å². The largest absolute Gasteiger partial charge is 0.339 e. The van der Waals surface area contributed by atoms with Gasteiger partial charge in [-0.3, -0.25) is 4.79 Å². The van der Waals surface area contributed by atoms with E-state index in [1.807, 2.05) is 0 Å². The highest BCUT2D eigenvalue weighted by molar-refractivity contribution is 5.79. The lowest BCUT2D eigenvalue weighted by Gasteiger charge is -2.45. The number of carbonyl (C=O) groups is 1. The van der Waals surface area contributed by atoms with E-state index in [0.29, 0.717) is 11.9 Å². The second-order valence-electron chi connectivity index (χ2n) is 6.33. The van der Waals surface area contributed by atoms with Crippen LogP contribution in [0.2, 0.25) is 0 Å². The number of rotatable bonds is 1. The molecule has 18 heavy (non-hydrogen) atoms. The number of nitrogens with one attached hydrogen (secondary N) is 1. The number of carbonyl (C=O) groups excluding carboxylic acids is 1. The zero-order valence-corrected chi connectivity index (χ0v) is 11.4. The number of hydrogen-bond donors (Lipinski definition) is 1. The van der Waals surface area contributed by atoms with Crippen LogP contribution in [0.3, 0.4) is 0 Å². The molecule has 0 aromatic carbocycles. The molecule has 3 heteroatoms. The van der Waals surface area contributed by atoms with E-state index in [1.165, 1.54) is 44.9 Å². The predicted octanol–water partition coefficient (Wildman–Crippen LogP) is 2.17. The second-order valence-corrected chi connectivity index (χ2v) is 6.33. The first-order chi connectivity index (χ1) is 8.86. The van der Waals surface area contributed by atoms with Gasteiger partial charge in [-0.05, 0) is 51.0 Å². The minimum Gasteiger partial charge on any atom is -0.339 e. The van der Waals surface area contributed by atoms with E-state index in [0.717, 1.165) is 32.0 Å². The first-order valence-corrected chi connectivity index (χ1v) is 7.87. The highest BCUT2D eigenvalue weighted by Gasteiger charge is 2.37. The molecule has 1 amide bonds. The minimum absolute atomic E-state index is 0.263. The Balaban J connectivity index is 1.67. The molecular formula is C15H26N2O. The normalized spacial score (nSPS) is 37.1. The molecule has 3 aliphatic rings. The molecular weight excluding hydrogens is 224 g/mol. The van der Waals surface area contributed by atoms with Crippen LogP contribution < -0.4 is 5.32 Å². The zero-order chi connectivity index (χ0) is 12.4. The lowest BCUT2D eigenvalue weighted by molar-refractivity contribution is -0.142. The summed E-state index contributed by atoms with van der Waals surface area (Å²) in [5.74, 6) is 1.53. The van der Waals surface area contributed by atoms with Crippen molar-refractivity contribution >= 4 is 5.91 Å². The fourth-order valence-corrected chi connectivity index (χ4v) is 4.20. The lowest BCUT2D eigenvalue weighted by Crippen LogP contribution is -2.53. The molecule has 0 unspecified atom stereocenters. The summed E-state index contributed by atoms with van der Waals surface area (Å²) in [6.07, 6.45) is 10.2. The molecule has 0 aromatic heterocycles. The molecule has 3 atom stereocenters. The standard InChI is InChI=1S/C15H26N2O/c18-15(13-6-3-9-16-11-13)17-10-4-7-12-5-1-2-8-14(12)17/h12-14,16H,1-11H2/t12-,13-,14-/m1/s1. The van der Waals surface area contributed by atoms with Crippen molar-refractivity contribution in [1.29, 1.82) is 0 Å². The van der Waals surface area contributed by atoms with Gasteiger partial charge in [0.1, 0.15) is 0 Å². The monoisotopic (exact) mass is 250 g/mol. The third kappa shape index (κ3) is 2.42. The van der Waals surface area contributed by atoms with Crippen molar-refractivity contribution in [2.75, 3.05) is 19.6 Å². The Bertz CT molecular complexity index is 297. The maximum absolute atomic E-state index is 12.7. The van der Waals surface area contributed by atoms with Crippen molar-refractivity contribution in [3.63, 3.8) is 0 Å². The second kappa shape index (κ2) is 5.60. The highest BCUT2D eigenvalue weighted by Crippen LogP contribution is 2.36. The van der Waals surface area contributed by atoms with Gasteiger partial charge >= 0.3 is 0 Å². The fraction of sp³-hybridized carbons (Fsp3) is 0.933. The molecule has 2 aliphatic heterocycles. The van der Waals surface area contributed by atoms with Gasteiger partial charge in [0.05, 0.1) is 5.92 Å². The number of likely N-dealkylation sites (tertiary alicyclic amines) is 1. The summed E-state index contributed by atoms with van der Waals surface area (Å²) in [6.45, 7) is 3.03. The van der Waals surface area contributed by atoms with Gasteiger partial charge in [0.15, 0.2) is 0 Å². The van der Waals surface area contributed by atoms with Crippen molar-refractivity contribution in [2.45, 2.75) is 57.4 Å². The van der Waals surface area contributed by atoms with Gasteiger partial charge in [0, 0.05) is 19.1 Å². The Kier molecular flexibility index (Phi) is 3.88. The molecule has 3 rings (SSSR count). The summed E-state index contributed by atoms with van der Waals surface area (Å²) < 4.78 is 0. The lowest BCUT2D eigenvalue weighted by atomic mass is 9.77. The third-order valence-corrected chi connectivity index (χ3v) is 5.17. The molecule has 0 radical (unpaired) electrons. The Hall–Kier alpha value is -0.570. The number of amides is 1. The van der Waals surface area contributed by atoms with Crippen LogP contribution >= 0.6 is 0 Å². The molecule has 2 saturated heterocycles. The third-order valence-electron chi connectivity index (χ3n) is 5.17. The van der Waals surface area contributed by atoms with Gasteiger partial charge in [-0.15, -0.1) is 0 Å². The van der Waals surface area contributed by atoms with Crippen molar-refractivity contribution in [2.24, 2.45) is 11.8 Å². The van der Waals surface area contributed by atoms with Crippen LogP contribution in [0.1, 0.15) is 51.4 Å². The Morgan fingerprint density at radius 1 is 1.00 bits per heavy atom. The number of hydrogen-bond acceptors (Lipinski definition) is 2. The molecule has 0 spiro atoms. The Morgan fingerprint density at radius 2 is 1.83 bits per heavy atom. The van der Waals surface area contributed by atoms with Gasteiger partial charge in [-0.2, -0.15) is 0 Å². The van der Waals surface area contributed by atoms with Gasteiger partial charge in [-0.1, -0.05) is 12.8 Å². The van der Waals surface area contributed by atoms with Crippen LogP contribution in [-0.2, 0) is 4.79 Å². The van der Waals surface area contributed by atoms with Crippen LogP contribution in [0.25, 0.3) is 0 Å². The molecule has 102 valence electrons. The average Bonchev–Trinajstić information content (AvgIpc) is 2.47. The zero-order valence-electron chi connectivity index (χ0n) is 11.4. The first kappa shape index (κ1) is 12.5. The number of fused-ring (bicyclic) bond motifs is 1. The van der Waals surface area contributed by atoms with E-state index in [2.05, 4.69) is 10.2 Å². The van der Waals surface area contributed by atoms with Gasteiger partial charge < -0.3 is 10.2 Å². The van der Waals surface area contributed by atoms with E-state index in [-0.39, 0.29) is 5.92 Å². The van der Waals surface area contributed by atoms with Crippen molar-refractivity contribution in [3.05, 3.63) is 0 Å². The van der Waals surface area contributed by atoms with E-state index in [9.17, 15) is 4.79 Å². The summed E-state index contributed by atoms with van der Waals surface area (Å²) in [7, 11) is 0. The van der Waals surface area contributed by atoms with Crippen molar-refractivity contribution in [1.82, 2.24) is 10.2 Å². The average molecular weight is 250 g/mol. The quantitative estimate of drug-likeness (QED) is 0.773. The Morgan fingerprint density at radius 3 is 2.67 bits per heavy atom. The minimum atomic E-state index is 0.263. The van der Waals surface area contributed by atoms with E-state index >= 15 is 0 Å². The summed E-state index contributed by atoms with van der Waals surface area (Å²) >= 11 is 0. The predicted molar refractivity (Wildman–Crippen MR) is 72.3 cm³/mol. The molecule has 3 fully saturated rings. The van der Waals surface area contributed by atoms with Crippen LogP contribution in [0.15, 0.2) is 0 Å². The van der Waals surface area contributed by atoms with E-state index < -0.39 is 0 Å². The van der Waals surface area contributed by atoms with Gasteiger partial charge in [0.2, 0.25) is 5.91 Å². The van der Waals surface area contributed by atoms with Crippen LogP contribution in [0.5, 0.6) is 0 Å². The summed E-state index contributed by atoms with van der Waals surface area (Å²) in [6, 6.07) is 0.585. The fourth-order valence-electron chi connectivity index (χ4n) is 4.20. The summed E-state index contributed by atoms with van der Waals surface area (Å²) in [5, 5.41) is 3.38. The van der Waals surface area contributed by atoms with Gasteiger partial charge in [-0.25, -0.2) is 0 Å². The van der Waals surface area contributed by atoms with Crippen LogP contribution in [0.4, 0.5) is 0 Å². The number of piperidine rings is 2. The maximum atomic E-state index is 12.7. The SMILES string of the molecule is O=C([C@@H]1CCCNC1)N1CCC[C@H]2CCCC[C@H]21. The van der Waals surface area contributed by atoms with E-state index in [1.54, 1.807) is 0 Å². The highest BCUT2D eigenvalue weighted by atomic mass is 16.2. The van der Waals surface area contributed by atoms with Gasteiger partial charge in [0.25, 0.3) is 0 Å². The summed E-state index contributed by atoms with van der Waals surface area (Å²) in [4.78, 5) is 15.0. The molecule has 1 N–H and O–H groups in total. The molecule has 2 heterocycles. The molecule has 3 nitrogen and oxygen atoms in total. The smallest absolute Gasteiger partial charge is 0.227 e. The summed E-state index contributed by atoms with van der Waals surface area (Å²) in [5.41, 5.74) is 0. The van der Waals surface area contributed by atoms with Crippen molar-refractivity contribution in [3.8, 4) is 0 Å². The molecule has 1 saturated carbocycles. The van der Waals surface area contributed by atoms with Crippen molar-refractivity contribution < 1.29 is 4.79 Å². The number of nitrogens with zero attached hydrogens (tertiary/aromatic N) is 1. The molecule has 0 bridgehead atoms. The van der Waals surface area contributed by atoms with E-state index in [4.69, 9.17) is 0 Å². The Labute approximate surface area is 110 Å².